The Kier molecular flexibility index (Phi) is 6.92. The summed E-state index contributed by atoms with van der Waals surface area (Å²) in [5, 5.41) is 7.55. The summed E-state index contributed by atoms with van der Waals surface area (Å²) in [7, 11) is 3.73. The first kappa shape index (κ1) is 26.1. The molecule has 5 rings (SSSR count). The summed E-state index contributed by atoms with van der Waals surface area (Å²) in [5.41, 5.74) is 3.53. The summed E-state index contributed by atoms with van der Waals surface area (Å²) in [5.74, 6) is -0.669. The fourth-order valence-electron chi connectivity index (χ4n) is 4.35. The Morgan fingerprint density at radius 1 is 1.00 bits per heavy atom. The van der Waals surface area contributed by atoms with Gasteiger partial charge in [-0.1, -0.05) is 12.1 Å². The van der Waals surface area contributed by atoms with E-state index >= 15 is 0 Å². The molecule has 0 aliphatic carbocycles. The van der Waals surface area contributed by atoms with Gasteiger partial charge in [-0.3, -0.25) is 9.78 Å². The molecule has 1 amide bonds. The summed E-state index contributed by atoms with van der Waals surface area (Å²) >= 11 is 0. The van der Waals surface area contributed by atoms with Gasteiger partial charge in [-0.2, -0.15) is 13.2 Å². The molecular weight excluding hydrogens is 507 g/mol. The lowest BCUT2D eigenvalue weighted by Gasteiger charge is -2.15. The molecule has 2 aromatic carbocycles. The Bertz CT molecular complexity index is 1680. The van der Waals surface area contributed by atoms with Crippen LogP contribution in [0.2, 0.25) is 0 Å². The Labute approximate surface area is 222 Å². The van der Waals surface area contributed by atoms with Gasteiger partial charge in [-0.15, -0.1) is 0 Å². The van der Waals surface area contributed by atoms with Crippen molar-refractivity contribution in [3.05, 3.63) is 78.0 Å². The second kappa shape index (κ2) is 10.3. The molecule has 39 heavy (non-hydrogen) atoms. The largest absolute Gasteiger partial charge is 0.416 e. The van der Waals surface area contributed by atoms with E-state index in [1.165, 1.54) is 18.6 Å². The lowest BCUT2D eigenvalue weighted by Crippen LogP contribution is -2.21. The molecule has 0 aliphatic heterocycles. The molecule has 0 unspecified atom stereocenters. The van der Waals surface area contributed by atoms with Crippen molar-refractivity contribution in [3.63, 3.8) is 0 Å². The minimum absolute atomic E-state index is 0.111. The van der Waals surface area contributed by atoms with Crippen molar-refractivity contribution in [2.45, 2.75) is 13.1 Å². The highest BCUT2D eigenvalue weighted by molar-refractivity contribution is 6.07. The maximum atomic E-state index is 13.6. The van der Waals surface area contributed by atoms with Crippen molar-refractivity contribution < 1.29 is 18.0 Å². The molecule has 0 saturated heterocycles. The zero-order chi connectivity index (χ0) is 27.7. The smallest absolute Gasteiger partial charge is 0.384 e. The Balaban J connectivity index is 1.43. The molecule has 200 valence electrons. The molecule has 8 nitrogen and oxygen atoms in total. The number of amides is 1. The number of hydrogen-bond donors (Lipinski definition) is 3. The number of aromatic nitrogens is 4. The summed E-state index contributed by atoms with van der Waals surface area (Å²) in [4.78, 5) is 31.0. The number of aromatic amines is 1. The number of likely N-dealkylation sites (N-methyl/N-ethyl adjacent to an activating group) is 1. The normalized spacial score (nSPS) is 11.9. The van der Waals surface area contributed by atoms with Crippen LogP contribution in [-0.4, -0.2) is 57.9 Å². The number of fused-ring (bicyclic) bond motifs is 3. The molecule has 0 saturated carbocycles. The molecule has 0 atom stereocenters. The molecule has 3 N–H and O–H groups in total. The third-order valence-electron chi connectivity index (χ3n) is 6.34. The van der Waals surface area contributed by atoms with Crippen molar-refractivity contribution in [1.82, 2.24) is 24.8 Å². The SMILES string of the molecule is Cc1ncc(NC(=O)c2cc(NCCN(C)C)cc(C(F)(F)F)c2)cc1-c1ccc2c(c1)[nH]c1ncncc12. The predicted octanol–water partition coefficient (Wildman–Crippen LogP) is 5.73. The lowest BCUT2D eigenvalue weighted by molar-refractivity contribution is -0.137. The maximum Gasteiger partial charge on any atom is 0.416 e. The molecule has 0 aliphatic rings. The predicted molar refractivity (Wildman–Crippen MR) is 146 cm³/mol. The second-order valence-corrected chi connectivity index (χ2v) is 9.51. The number of nitrogens with one attached hydrogen (secondary N) is 3. The molecule has 11 heteroatoms. The van der Waals surface area contributed by atoms with Crippen LogP contribution < -0.4 is 10.6 Å². The third kappa shape index (κ3) is 5.68. The number of anilines is 2. The van der Waals surface area contributed by atoms with Gasteiger partial charge in [0.1, 0.15) is 12.0 Å². The van der Waals surface area contributed by atoms with Crippen molar-refractivity contribution in [2.24, 2.45) is 0 Å². The number of alkyl halides is 3. The number of aryl methyl sites for hydroxylation is 1. The average Bonchev–Trinajstić information content (AvgIpc) is 3.26. The van der Waals surface area contributed by atoms with Gasteiger partial charge in [0.25, 0.3) is 5.91 Å². The van der Waals surface area contributed by atoms with Crippen molar-refractivity contribution in [2.75, 3.05) is 37.8 Å². The van der Waals surface area contributed by atoms with Gasteiger partial charge >= 0.3 is 6.18 Å². The fourth-order valence-corrected chi connectivity index (χ4v) is 4.35. The molecule has 0 fully saturated rings. The monoisotopic (exact) mass is 533 g/mol. The van der Waals surface area contributed by atoms with Crippen LogP contribution in [0.25, 0.3) is 33.1 Å². The van der Waals surface area contributed by atoms with E-state index in [0.29, 0.717) is 18.8 Å². The molecule has 3 heterocycles. The zero-order valence-corrected chi connectivity index (χ0v) is 21.5. The number of nitrogens with zero attached hydrogens (tertiary/aromatic N) is 4. The van der Waals surface area contributed by atoms with Crippen LogP contribution in [0, 0.1) is 6.92 Å². The van der Waals surface area contributed by atoms with Gasteiger partial charge in [-0.25, -0.2) is 9.97 Å². The van der Waals surface area contributed by atoms with Crippen LogP contribution >= 0.6 is 0 Å². The summed E-state index contributed by atoms with van der Waals surface area (Å²) < 4.78 is 40.7. The van der Waals surface area contributed by atoms with Gasteiger partial charge < -0.3 is 20.5 Å². The van der Waals surface area contributed by atoms with E-state index in [1.54, 1.807) is 12.3 Å². The number of rotatable bonds is 7. The van der Waals surface area contributed by atoms with E-state index in [-0.39, 0.29) is 11.3 Å². The Hall–Kier alpha value is -4.51. The van der Waals surface area contributed by atoms with E-state index in [1.807, 2.05) is 44.1 Å². The number of benzene rings is 2. The molecular formula is C28H26F3N7O. The first-order valence-corrected chi connectivity index (χ1v) is 12.2. The first-order valence-electron chi connectivity index (χ1n) is 12.2. The van der Waals surface area contributed by atoms with Gasteiger partial charge in [0.2, 0.25) is 0 Å². The van der Waals surface area contributed by atoms with Crippen LogP contribution in [0.1, 0.15) is 21.6 Å². The van der Waals surface area contributed by atoms with Crippen LogP contribution in [0.15, 0.2) is 61.2 Å². The Morgan fingerprint density at radius 2 is 1.82 bits per heavy atom. The highest BCUT2D eigenvalue weighted by Gasteiger charge is 2.32. The van der Waals surface area contributed by atoms with Crippen molar-refractivity contribution >= 4 is 39.2 Å². The zero-order valence-electron chi connectivity index (χ0n) is 21.5. The lowest BCUT2D eigenvalue weighted by atomic mass is 10.0. The topological polar surface area (TPSA) is 98.8 Å². The molecule has 5 aromatic rings. The van der Waals surface area contributed by atoms with Crippen LogP contribution in [0.3, 0.4) is 0 Å². The standard InChI is InChI=1S/C28H26F3N7O/c1-16-23(17-4-5-22-24-14-32-15-35-26(24)37-25(22)10-17)12-21(13-34-16)36-27(39)18-8-19(28(29,30)31)11-20(9-18)33-6-7-38(2)3/h4-5,8-15,33H,6-7H2,1-3H3,(H,36,39)(H,32,35,37). The number of H-pyrrole nitrogens is 1. The minimum Gasteiger partial charge on any atom is -0.384 e. The molecule has 0 radical (unpaired) electrons. The van der Waals surface area contributed by atoms with Crippen molar-refractivity contribution in [1.29, 1.82) is 0 Å². The van der Waals surface area contributed by atoms with Crippen LogP contribution in [0.4, 0.5) is 24.5 Å². The van der Waals surface area contributed by atoms with Gasteiger partial charge in [0.15, 0.2) is 0 Å². The minimum atomic E-state index is -4.60. The molecule has 0 bridgehead atoms. The van der Waals surface area contributed by atoms with Gasteiger partial charge in [-0.05, 0) is 56.9 Å². The van der Waals surface area contributed by atoms with Crippen LogP contribution in [-0.2, 0) is 6.18 Å². The summed E-state index contributed by atoms with van der Waals surface area (Å²) in [6, 6.07) is 10.9. The van der Waals surface area contributed by atoms with Gasteiger partial charge in [0.05, 0.1) is 17.4 Å². The number of pyridine rings is 1. The Morgan fingerprint density at radius 3 is 2.59 bits per heavy atom. The van der Waals surface area contributed by atoms with Crippen molar-refractivity contribution in [3.8, 4) is 11.1 Å². The highest BCUT2D eigenvalue weighted by Crippen LogP contribution is 2.33. The van der Waals surface area contributed by atoms with E-state index in [2.05, 4.69) is 30.6 Å². The molecule has 0 spiro atoms. The first-order chi connectivity index (χ1) is 18.6. The number of carbonyl (C=O) groups is 1. The summed E-state index contributed by atoms with van der Waals surface area (Å²) in [6.45, 7) is 2.89. The average molecular weight is 534 g/mol. The van der Waals surface area contributed by atoms with E-state index in [9.17, 15) is 18.0 Å². The fraction of sp³-hybridized carbons (Fsp3) is 0.214. The van der Waals surface area contributed by atoms with E-state index in [0.717, 1.165) is 50.9 Å². The summed E-state index contributed by atoms with van der Waals surface area (Å²) in [6.07, 6.45) is 0.115. The van der Waals surface area contributed by atoms with E-state index in [4.69, 9.17) is 0 Å². The second-order valence-electron chi connectivity index (χ2n) is 9.51. The quantitative estimate of drug-likeness (QED) is 0.247. The van der Waals surface area contributed by atoms with Gasteiger partial charge in [0, 0.05) is 58.1 Å². The number of halogens is 3. The maximum absolute atomic E-state index is 13.6. The highest BCUT2D eigenvalue weighted by atomic mass is 19.4. The number of hydrogen-bond acceptors (Lipinski definition) is 6. The number of carbonyl (C=O) groups excluding carboxylic acids is 1. The van der Waals surface area contributed by atoms with E-state index < -0.39 is 17.6 Å². The van der Waals surface area contributed by atoms with Crippen LogP contribution in [0.5, 0.6) is 0 Å². The third-order valence-corrected chi connectivity index (χ3v) is 6.34. The molecule has 3 aromatic heterocycles.